The summed E-state index contributed by atoms with van der Waals surface area (Å²) in [7, 11) is 0. The molecule has 0 unspecified atom stereocenters. The molecule has 0 spiro atoms. The zero-order valence-corrected chi connectivity index (χ0v) is 9.20. The molecule has 1 aromatic heterocycles. The summed E-state index contributed by atoms with van der Waals surface area (Å²) < 4.78 is 0. The zero-order valence-electron chi connectivity index (χ0n) is 9.20. The highest BCUT2D eigenvalue weighted by molar-refractivity contribution is 5.24. The van der Waals surface area contributed by atoms with E-state index in [-0.39, 0.29) is 5.41 Å². The molecular formula is C12H16N2. The van der Waals surface area contributed by atoms with Crippen LogP contribution in [0.15, 0.2) is 12.4 Å². The van der Waals surface area contributed by atoms with Crippen molar-refractivity contribution in [2.24, 2.45) is 0 Å². The Hall–Kier alpha value is -1.36. The quantitative estimate of drug-likeness (QED) is 0.666. The molecule has 0 saturated carbocycles. The molecule has 0 amide bonds. The van der Waals surface area contributed by atoms with E-state index >= 15 is 0 Å². The number of aromatic nitrogens is 2. The Morgan fingerprint density at radius 2 is 1.93 bits per heavy atom. The molecule has 0 radical (unpaired) electrons. The van der Waals surface area contributed by atoms with Crippen molar-refractivity contribution in [3.63, 3.8) is 0 Å². The van der Waals surface area contributed by atoms with Gasteiger partial charge in [-0.2, -0.15) is 0 Å². The van der Waals surface area contributed by atoms with Crippen LogP contribution in [-0.4, -0.2) is 9.97 Å². The van der Waals surface area contributed by atoms with Gasteiger partial charge in [0.1, 0.15) is 0 Å². The lowest BCUT2D eigenvalue weighted by atomic mass is 9.91. The van der Waals surface area contributed by atoms with Crippen LogP contribution in [0.2, 0.25) is 0 Å². The van der Waals surface area contributed by atoms with Crippen molar-refractivity contribution >= 4 is 0 Å². The lowest BCUT2D eigenvalue weighted by Gasteiger charge is -2.16. The third-order valence-corrected chi connectivity index (χ3v) is 2.26. The zero-order chi connectivity index (χ0) is 10.8. The lowest BCUT2D eigenvalue weighted by Crippen LogP contribution is -2.16. The van der Waals surface area contributed by atoms with Crippen LogP contribution in [0.1, 0.15) is 45.0 Å². The first kappa shape index (κ1) is 10.7. The first-order valence-corrected chi connectivity index (χ1v) is 4.77. The molecule has 1 aromatic rings. The number of hydrogen-bond acceptors (Lipinski definition) is 2. The van der Waals surface area contributed by atoms with Gasteiger partial charge in [0, 0.05) is 6.20 Å². The van der Waals surface area contributed by atoms with Gasteiger partial charge in [0.2, 0.25) is 0 Å². The Morgan fingerprint density at radius 3 is 2.29 bits per heavy atom. The highest BCUT2D eigenvalue weighted by atomic mass is 14.8. The second-order valence-corrected chi connectivity index (χ2v) is 4.25. The molecule has 0 atom stereocenters. The van der Waals surface area contributed by atoms with E-state index in [1.807, 2.05) is 13.8 Å². The van der Waals surface area contributed by atoms with Gasteiger partial charge in [-0.25, -0.2) is 0 Å². The normalized spacial score (nSPS) is 11.4. The van der Waals surface area contributed by atoms with Crippen LogP contribution in [0.5, 0.6) is 0 Å². The summed E-state index contributed by atoms with van der Waals surface area (Å²) in [6.07, 6.45) is 9.00. The van der Waals surface area contributed by atoms with Gasteiger partial charge in [-0.1, -0.05) is 19.8 Å². The third-order valence-electron chi connectivity index (χ3n) is 2.26. The Bertz CT molecular complexity index is 342. The number of terminal acetylenes is 1. The minimum Gasteiger partial charge on any atom is -0.257 e. The molecule has 0 aromatic carbocycles. The molecule has 0 aliphatic rings. The van der Waals surface area contributed by atoms with Gasteiger partial charge < -0.3 is 0 Å². The molecule has 2 heteroatoms. The van der Waals surface area contributed by atoms with E-state index < -0.39 is 0 Å². The van der Waals surface area contributed by atoms with Crippen LogP contribution >= 0.6 is 0 Å². The van der Waals surface area contributed by atoms with E-state index in [2.05, 4.69) is 29.7 Å². The van der Waals surface area contributed by atoms with E-state index in [1.54, 1.807) is 12.4 Å². The molecular weight excluding hydrogens is 172 g/mol. The topological polar surface area (TPSA) is 25.8 Å². The molecule has 0 aliphatic carbocycles. The molecule has 1 rings (SSSR count). The van der Waals surface area contributed by atoms with Crippen LogP contribution in [0, 0.1) is 12.3 Å². The highest BCUT2D eigenvalue weighted by Crippen LogP contribution is 2.19. The lowest BCUT2D eigenvalue weighted by molar-refractivity contribution is 0.657. The molecule has 0 bridgehead atoms. The first-order valence-electron chi connectivity index (χ1n) is 4.77. The largest absolute Gasteiger partial charge is 0.257 e. The average molecular weight is 188 g/mol. The fourth-order valence-electron chi connectivity index (χ4n) is 1.03. The van der Waals surface area contributed by atoms with Crippen LogP contribution in [0.25, 0.3) is 0 Å². The number of rotatable bonds is 2. The van der Waals surface area contributed by atoms with Crippen molar-refractivity contribution in [3.05, 3.63) is 23.8 Å². The van der Waals surface area contributed by atoms with Gasteiger partial charge in [-0.05, 0) is 19.8 Å². The van der Waals surface area contributed by atoms with Gasteiger partial charge in [0.25, 0.3) is 0 Å². The van der Waals surface area contributed by atoms with Crippen molar-refractivity contribution in [1.82, 2.24) is 9.97 Å². The van der Waals surface area contributed by atoms with Crippen molar-refractivity contribution in [2.45, 2.75) is 39.0 Å². The predicted octanol–water partition coefficient (Wildman–Crippen LogP) is 2.51. The van der Waals surface area contributed by atoms with E-state index in [0.717, 1.165) is 11.4 Å². The summed E-state index contributed by atoms with van der Waals surface area (Å²) in [6, 6.07) is 0. The monoisotopic (exact) mass is 188 g/mol. The van der Waals surface area contributed by atoms with E-state index in [4.69, 9.17) is 6.42 Å². The minimum atomic E-state index is -0.331. The maximum atomic E-state index is 5.42. The van der Waals surface area contributed by atoms with Crippen molar-refractivity contribution in [3.8, 4) is 12.3 Å². The second-order valence-electron chi connectivity index (χ2n) is 4.25. The molecule has 74 valence electrons. The molecule has 0 fully saturated rings. The fourth-order valence-corrected chi connectivity index (χ4v) is 1.03. The summed E-state index contributed by atoms with van der Waals surface area (Å²) in [5.41, 5.74) is 1.52. The Morgan fingerprint density at radius 1 is 1.29 bits per heavy atom. The average Bonchev–Trinajstić information content (AvgIpc) is 2.18. The van der Waals surface area contributed by atoms with Crippen LogP contribution in [0.4, 0.5) is 0 Å². The summed E-state index contributed by atoms with van der Waals surface area (Å²) in [4.78, 5) is 8.67. The molecule has 1 heterocycles. The molecule has 0 saturated heterocycles. The summed E-state index contributed by atoms with van der Waals surface area (Å²) in [5, 5.41) is 0. The SMILES string of the molecule is C#CC(C)(C)c1cnc(C(C)C)cn1. The summed E-state index contributed by atoms with van der Waals surface area (Å²) >= 11 is 0. The van der Waals surface area contributed by atoms with Gasteiger partial charge in [0.05, 0.1) is 23.0 Å². The minimum absolute atomic E-state index is 0.331. The predicted molar refractivity (Wildman–Crippen MR) is 58.0 cm³/mol. The van der Waals surface area contributed by atoms with Gasteiger partial charge in [-0.15, -0.1) is 6.42 Å². The van der Waals surface area contributed by atoms with Crippen molar-refractivity contribution in [2.75, 3.05) is 0 Å². The highest BCUT2D eigenvalue weighted by Gasteiger charge is 2.19. The van der Waals surface area contributed by atoms with Crippen LogP contribution in [0.3, 0.4) is 0 Å². The van der Waals surface area contributed by atoms with Crippen molar-refractivity contribution < 1.29 is 0 Å². The molecule has 14 heavy (non-hydrogen) atoms. The summed E-state index contributed by atoms with van der Waals surface area (Å²) in [5.74, 6) is 3.11. The van der Waals surface area contributed by atoms with E-state index in [9.17, 15) is 0 Å². The number of nitrogens with zero attached hydrogens (tertiary/aromatic N) is 2. The van der Waals surface area contributed by atoms with Crippen LogP contribution < -0.4 is 0 Å². The maximum absolute atomic E-state index is 5.42. The Kier molecular flexibility index (Phi) is 2.90. The number of hydrogen-bond donors (Lipinski definition) is 0. The second kappa shape index (κ2) is 3.79. The third kappa shape index (κ3) is 2.11. The van der Waals surface area contributed by atoms with Gasteiger partial charge >= 0.3 is 0 Å². The Balaban J connectivity index is 3.01. The fraction of sp³-hybridized carbons (Fsp3) is 0.500. The Labute approximate surface area is 85.8 Å². The van der Waals surface area contributed by atoms with E-state index in [1.165, 1.54) is 0 Å². The van der Waals surface area contributed by atoms with E-state index in [0.29, 0.717) is 5.92 Å². The molecule has 0 aliphatic heterocycles. The molecule has 2 nitrogen and oxygen atoms in total. The molecule has 0 N–H and O–H groups in total. The van der Waals surface area contributed by atoms with Gasteiger partial charge in [-0.3, -0.25) is 9.97 Å². The first-order chi connectivity index (χ1) is 6.47. The standard InChI is InChI=1S/C12H16N2/c1-6-12(4,5)11-8-13-10(7-14-11)9(2)3/h1,7-9H,2-5H3. The maximum Gasteiger partial charge on any atom is 0.0762 e. The van der Waals surface area contributed by atoms with Crippen LogP contribution in [-0.2, 0) is 5.41 Å². The van der Waals surface area contributed by atoms with Gasteiger partial charge in [0.15, 0.2) is 0 Å². The van der Waals surface area contributed by atoms with Crippen molar-refractivity contribution in [1.29, 1.82) is 0 Å². The smallest absolute Gasteiger partial charge is 0.0762 e. The summed E-state index contributed by atoms with van der Waals surface area (Å²) in [6.45, 7) is 8.12.